The van der Waals surface area contributed by atoms with Crippen molar-refractivity contribution in [3.63, 3.8) is 0 Å². The molecule has 0 aliphatic carbocycles. The first-order valence-electron chi connectivity index (χ1n) is 11.8. The van der Waals surface area contributed by atoms with Gasteiger partial charge in [0, 0.05) is 57.9 Å². The first-order valence-corrected chi connectivity index (χ1v) is 13.4. The predicted molar refractivity (Wildman–Crippen MR) is 132 cm³/mol. The van der Waals surface area contributed by atoms with Crippen molar-refractivity contribution in [3.05, 3.63) is 70.8 Å². The zero-order valence-electron chi connectivity index (χ0n) is 19.8. The van der Waals surface area contributed by atoms with Gasteiger partial charge in [-0.2, -0.15) is 4.31 Å². The molecule has 2 aliphatic rings. The third kappa shape index (κ3) is 6.86. The number of carbonyl (C=O) groups is 1. The van der Waals surface area contributed by atoms with Crippen LogP contribution < -0.4 is 5.32 Å². The molecule has 0 aromatic heterocycles. The average Bonchev–Trinajstić information content (AvgIpc) is 2.84. The third-order valence-corrected chi connectivity index (χ3v) is 8.23. The van der Waals surface area contributed by atoms with E-state index in [2.05, 4.69) is 27.2 Å². The molecule has 0 spiro atoms. The van der Waals surface area contributed by atoms with E-state index in [0.29, 0.717) is 30.8 Å². The number of amides is 1. The molecular formula is C25H34N4O4S. The minimum Gasteiger partial charge on any atom is -0.379 e. The first-order chi connectivity index (χ1) is 16.4. The number of piperazine rings is 1. The van der Waals surface area contributed by atoms with E-state index >= 15 is 0 Å². The molecule has 4 rings (SSSR count). The Bertz CT molecular complexity index is 1060. The maximum Gasteiger partial charge on any atom is 0.251 e. The fourth-order valence-electron chi connectivity index (χ4n) is 4.26. The summed E-state index contributed by atoms with van der Waals surface area (Å²) in [6, 6.07) is 15.1. The lowest BCUT2D eigenvalue weighted by Crippen LogP contribution is -2.47. The van der Waals surface area contributed by atoms with Crippen molar-refractivity contribution in [1.29, 1.82) is 0 Å². The number of morpholine rings is 1. The number of likely N-dealkylation sites (N-methyl/N-ethyl adjacent to an activating group) is 1. The lowest BCUT2D eigenvalue weighted by molar-refractivity contribution is 0.0342. The summed E-state index contributed by atoms with van der Waals surface area (Å²) < 4.78 is 32.4. The van der Waals surface area contributed by atoms with E-state index in [-0.39, 0.29) is 11.7 Å². The van der Waals surface area contributed by atoms with Gasteiger partial charge in [0.2, 0.25) is 10.0 Å². The number of carbonyl (C=O) groups excluding carboxylic acids is 1. The second kappa shape index (κ2) is 11.4. The molecular weight excluding hydrogens is 452 g/mol. The van der Waals surface area contributed by atoms with Crippen LogP contribution in [0.25, 0.3) is 0 Å². The second-order valence-electron chi connectivity index (χ2n) is 9.05. The van der Waals surface area contributed by atoms with Gasteiger partial charge in [-0.1, -0.05) is 36.4 Å². The van der Waals surface area contributed by atoms with Crippen molar-refractivity contribution < 1.29 is 17.9 Å². The molecule has 0 atom stereocenters. The van der Waals surface area contributed by atoms with E-state index in [1.807, 2.05) is 19.2 Å². The van der Waals surface area contributed by atoms with Gasteiger partial charge in [-0.3, -0.25) is 9.69 Å². The van der Waals surface area contributed by atoms with E-state index in [1.54, 1.807) is 28.6 Å². The highest BCUT2D eigenvalue weighted by molar-refractivity contribution is 7.88. The molecule has 0 saturated carbocycles. The van der Waals surface area contributed by atoms with Crippen LogP contribution in [0.2, 0.25) is 0 Å². The summed E-state index contributed by atoms with van der Waals surface area (Å²) >= 11 is 0. The standard InChI is InChI=1S/C25H34N4O4S/c1-27-9-11-29(12-10-27)34(31,32)20-21-5-7-24(8-6-21)25(30)26-18-22-3-2-4-23(17-22)19-28-13-15-33-16-14-28/h2-8,17H,9-16,18-20H2,1H3,(H,26,30). The third-order valence-electron chi connectivity index (χ3n) is 6.38. The molecule has 2 aromatic rings. The van der Waals surface area contributed by atoms with Crippen molar-refractivity contribution >= 4 is 15.9 Å². The summed E-state index contributed by atoms with van der Waals surface area (Å²) in [5.74, 6) is -0.221. The van der Waals surface area contributed by atoms with E-state index < -0.39 is 10.0 Å². The molecule has 34 heavy (non-hydrogen) atoms. The zero-order valence-corrected chi connectivity index (χ0v) is 20.6. The van der Waals surface area contributed by atoms with E-state index in [9.17, 15) is 13.2 Å². The number of benzene rings is 2. The Morgan fingerprint density at radius 2 is 1.59 bits per heavy atom. The normalized spacial score (nSPS) is 18.6. The Hall–Kier alpha value is -2.30. The average molecular weight is 487 g/mol. The van der Waals surface area contributed by atoms with Gasteiger partial charge in [-0.05, 0) is 35.9 Å². The molecule has 2 aliphatic heterocycles. The maximum absolute atomic E-state index is 12.7. The maximum atomic E-state index is 12.7. The van der Waals surface area contributed by atoms with Crippen LogP contribution in [-0.2, 0) is 33.6 Å². The minimum atomic E-state index is -3.36. The summed E-state index contributed by atoms with van der Waals surface area (Å²) in [6.07, 6.45) is 0. The van der Waals surface area contributed by atoms with Crippen LogP contribution in [0, 0.1) is 0 Å². The number of hydrogen-bond donors (Lipinski definition) is 1. The monoisotopic (exact) mass is 486 g/mol. The molecule has 0 unspecified atom stereocenters. The van der Waals surface area contributed by atoms with E-state index in [4.69, 9.17) is 4.74 Å². The Morgan fingerprint density at radius 3 is 2.29 bits per heavy atom. The Morgan fingerprint density at radius 1 is 0.912 bits per heavy atom. The lowest BCUT2D eigenvalue weighted by Gasteiger charge is -2.31. The van der Waals surface area contributed by atoms with Crippen molar-refractivity contribution in [2.45, 2.75) is 18.8 Å². The number of hydrogen-bond acceptors (Lipinski definition) is 6. The fraction of sp³-hybridized carbons (Fsp3) is 0.480. The molecule has 184 valence electrons. The van der Waals surface area contributed by atoms with Gasteiger partial charge in [0.1, 0.15) is 0 Å². The van der Waals surface area contributed by atoms with Crippen molar-refractivity contribution in [1.82, 2.24) is 19.4 Å². The number of nitrogens with zero attached hydrogens (tertiary/aromatic N) is 3. The zero-order chi connectivity index (χ0) is 24.0. The topological polar surface area (TPSA) is 82.2 Å². The molecule has 1 N–H and O–H groups in total. The van der Waals surface area contributed by atoms with Crippen molar-refractivity contribution in [2.24, 2.45) is 0 Å². The van der Waals surface area contributed by atoms with Gasteiger partial charge in [0.25, 0.3) is 5.91 Å². The summed E-state index contributed by atoms with van der Waals surface area (Å²) in [5.41, 5.74) is 3.48. The van der Waals surface area contributed by atoms with Crippen molar-refractivity contribution in [2.75, 3.05) is 59.5 Å². The highest BCUT2D eigenvalue weighted by atomic mass is 32.2. The molecule has 2 aromatic carbocycles. The van der Waals surface area contributed by atoms with Crippen LogP contribution >= 0.6 is 0 Å². The molecule has 0 bridgehead atoms. The first kappa shape index (κ1) is 24.8. The van der Waals surface area contributed by atoms with Crippen LogP contribution in [-0.4, -0.2) is 88.0 Å². The number of rotatable bonds is 8. The molecule has 9 heteroatoms. The van der Waals surface area contributed by atoms with Gasteiger partial charge in [0.05, 0.1) is 19.0 Å². The Kier molecular flexibility index (Phi) is 8.33. The molecule has 2 heterocycles. The highest BCUT2D eigenvalue weighted by Crippen LogP contribution is 2.15. The fourth-order valence-corrected chi connectivity index (χ4v) is 5.78. The summed E-state index contributed by atoms with van der Waals surface area (Å²) in [5, 5.41) is 2.97. The van der Waals surface area contributed by atoms with Crippen molar-refractivity contribution in [3.8, 4) is 0 Å². The lowest BCUT2D eigenvalue weighted by atomic mass is 10.1. The van der Waals surface area contributed by atoms with Gasteiger partial charge >= 0.3 is 0 Å². The largest absolute Gasteiger partial charge is 0.379 e. The second-order valence-corrected chi connectivity index (χ2v) is 11.0. The quantitative estimate of drug-likeness (QED) is 0.610. The molecule has 2 fully saturated rings. The van der Waals surface area contributed by atoms with Crippen LogP contribution in [0.5, 0.6) is 0 Å². The Balaban J connectivity index is 1.29. The highest BCUT2D eigenvalue weighted by Gasteiger charge is 2.25. The van der Waals surface area contributed by atoms with Gasteiger partial charge in [0.15, 0.2) is 0 Å². The van der Waals surface area contributed by atoms with Gasteiger partial charge in [-0.25, -0.2) is 8.42 Å². The molecule has 8 nitrogen and oxygen atoms in total. The molecule has 2 saturated heterocycles. The number of ether oxygens (including phenoxy) is 1. The minimum absolute atomic E-state index is 0.0471. The van der Waals surface area contributed by atoms with Crippen LogP contribution in [0.1, 0.15) is 27.0 Å². The molecule has 0 radical (unpaired) electrons. The summed E-state index contributed by atoms with van der Waals surface area (Å²) in [4.78, 5) is 17.1. The number of sulfonamides is 1. The van der Waals surface area contributed by atoms with Gasteiger partial charge < -0.3 is 15.0 Å². The van der Waals surface area contributed by atoms with Crippen LogP contribution in [0.15, 0.2) is 48.5 Å². The smallest absolute Gasteiger partial charge is 0.251 e. The summed E-state index contributed by atoms with van der Waals surface area (Å²) in [6.45, 7) is 7.27. The number of nitrogens with one attached hydrogen (secondary N) is 1. The molecule has 1 amide bonds. The van der Waals surface area contributed by atoms with E-state index in [1.165, 1.54) is 5.56 Å². The Labute approximate surface area is 202 Å². The SMILES string of the molecule is CN1CCN(S(=O)(=O)Cc2ccc(C(=O)NCc3cccc(CN4CCOCC4)c3)cc2)CC1. The van der Waals surface area contributed by atoms with Gasteiger partial charge in [-0.15, -0.1) is 0 Å². The summed E-state index contributed by atoms with van der Waals surface area (Å²) in [7, 11) is -1.36. The van der Waals surface area contributed by atoms with E-state index in [0.717, 1.165) is 51.5 Å². The predicted octanol–water partition coefficient (Wildman–Crippen LogP) is 1.53. The van der Waals surface area contributed by atoms with Crippen LogP contribution in [0.3, 0.4) is 0 Å². The van der Waals surface area contributed by atoms with Crippen LogP contribution in [0.4, 0.5) is 0 Å².